The van der Waals surface area contributed by atoms with Gasteiger partial charge >= 0.3 is 0 Å². The monoisotopic (exact) mass is 392 g/mol. The Kier molecular flexibility index (Phi) is 7.35. The van der Waals surface area contributed by atoms with Crippen molar-refractivity contribution in [2.45, 2.75) is 24.8 Å². The Hall–Kier alpha value is -2.42. The number of carbonyl (C=O) groups excluding carboxylic acids is 1. The first-order valence-corrected chi connectivity index (χ1v) is 9.92. The molecule has 0 heterocycles. The Labute approximate surface area is 159 Å². The molecule has 2 rings (SSSR count). The second kappa shape index (κ2) is 9.50. The summed E-state index contributed by atoms with van der Waals surface area (Å²) in [4.78, 5) is 11.3. The van der Waals surface area contributed by atoms with Crippen LogP contribution in [0, 0.1) is 0 Å². The van der Waals surface area contributed by atoms with Gasteiger partial charge in [-0.1, -0.05) is 12.1 Å². The van der Waals surface area contributed by atoms with Crippen molar-refractivity contribution in [1.82, 2.24) is 4.72 Å². The molecule has 0 aliphatic carbocycles. The average Bonchev–Trinajstić information content (AvgIpc) is 2.62. The smallest absolute Gasteiger partial charge is 0.241 e. The number of rotatable bonds is 9. The van der Waals surface area contributed by atoms with E-state index >= 15 is 0 Å². The van der Waals surface area contributed by atoms with E-state index < -0.39 is 16.1 Å². The number of sulfonamides is 1. The summed E-state index contributed by atoms with van der Waals surface area (Å²) < 4.78 is 38.2. The molecule has 0 aliphatic rings. The van der Waals surface area contributed by atoms with Crippen LogP contribution in [-0.4, -0.2) is 34.6 Å². The van der Waals surface area contributed by atoms with Crippen LogP contribution in [0.4, 0.5) is 5.69 Å². The first-order chi connectivity index (χ1) is 12.8. The number of nitrogens with one attached hydrogen (secondary N) is 2. The van der Waals surface area contributed by atoms with E-state index in [2.05, 4.69) is 10.0 Å². The van der Waals surface area contributed by atoms with Crippen LogP contribution in [0.5, 0.6) is 5.75 Å². The van der Waals surface area contributed by atoms with Gasteiger partial charge in [0, 0.05) is 25.8 Å². The summed E-state index contributed by atoms with van der Waals surface area (Å²) in [5.74, 6) is 0.384. The summed E-state index contributed by atoms with van der Waals surface area (Å²) in [6, 6.07) is 12.8. The lowest BCUT2D eigenvalue weighted by atomic mass is 10.1. The van der Waals surface area contributed by atoms with Crippen molar-refractivity contribution in [2.75, 3.05) is 25.6 Å². The van der Waals surface area contributed by atoms with E-state index in [1.54, 1.807) is 50.4 Å². The molecule has 2 aromatic rings. The number of carbonyl (C=O) groups is 1. The zero-order valence-electron chi connectivity index (χ0n) is 15.6. The molecule has 0 aliphatic heterocycles. The number of anilines is 1. The number of methoxy groups -OCH3 is 1. The van der Waals surface area contributed by atoms with Crippen LogP contribution in [0.3, 0.4) is 0 Å². The summed E-state index contributed by atoms with van der Waals surface area (Å²) in [7, 11) is -2.12. The van der Waals surface area contributed by atoms with Crippen molar-refractivity contribution in [3.05, 3.63) is 54.1 Å². The van der Waals surface area contributed by atoms with Crippen LogP contribution in [-0.2, 0) is 19.6 Å². The van der Waals surface area contributed by atoms with Gasteiger partial charge in [-0.3, -0.25) is 4.79 Å². The number of hydrogen-bond donors (Lipinski definition) is 2. The van der Waals surface area contributed by atoms with E-state index in [1.807, 2.05) is 0 Å². The van der Waals surface area contributed by atoms with E-state index in [0.717, 1.165) is 5.56 Å². The van der Waals surface area contributed by atoms with Gasteiger partial charge in [-0.2, -0.15) is 0 Å². The highest BCUT2D eigenvalue weighted by Gasteiger charge is 2.18. The molecule has 1 unspecified atom stereocenters. The minimum atomic E-state index is -3.70. The first-order valence-electron chi connectivity index (χ1n) is 8.43. The molecule has 8 heteroatoms. The maximum absolute atomic E-state index is 12.6. The summed E-state index contributed by atoms with van der Waals surface area (Å²) in [5.41, 5.74) is 1.35. The molecule has 7 nitrogen and oxygen atoms in total. The second-order valence-electron chi connectivity index (χ2n) is 5.96. The van der Waals surface area contributed by atoms with Gasteiger partial charge in [0.15, 0.2) is 0 Å². The van der Waals surface area contributed by atoms with Crippen LogP contribution in [0.1, 0.15) is 25.5 Å². The van der Waals surface area contributed by atoms with E-state index in [-0.39, 0.29) is 10.8 Å². The van der Waals surface area contributed by atoms with Crippen LogP contribution in [0.15, 0.2) is 53.4 Å². The highest BCUT2D eigenvalue weighted by molar-refractivity contribution is 7.89. The lowest BCUT2D eigenvalue weighted by Crippen LogP contribution is -2.27. The minimum absolute atomic E-state index is 0.145. The molecule has 2 N–H and O–H groups in total. The molecule has 0 bridgehead atoms. The lowest BCUT2D eigenvalue weighted by Gasteiger charge is -2.16. The molecule has 2 aromatic carbocycles. The standard InChI is InChI=1S/C19H24N2O5S/c1-14(16-5-4-6-17(13-16)20-15(2)22)21-27(23,24)19-9-7-18(8-10-19)26-12-11-25-3/h4-10,13-14,21H,11-12H2,1-3H3,(H,20,22). The van der Waals surface area contributed by atoms with Gasteiger partial charge in [-0.25, -0.2) is 13.1 Å². The zero-order chi connectivity index (χ0) is 19.9. The molecular formula is C19H24N2O5S. The Balaban J connectivity index is 2.07. The maximum Gasteiger partial charge on any atom is 0.241 e. The molecule has 0 saturated carbocycles. The van der Waals surface area contributed by atoms with Gasteiger partial charge in [-0.05, 0) is 48.9 Å². The van der Waals surface area contributed by atoms with Gasteiger partial charge in [0.1, 0.15) is 12.4 Å². The molecule has 0 fully saturated rings. The fourth-order valence-corrected chi connectivity index (χ4v) is 3.65. The largest absolute Gasteiger partial charge is 0.491 e. The van der Waals surface area contributed by atoms with Gasteiger partial charge in [-0.15, -0.1) is 0 Å². The molecule has 0 saturated heterocycles. The van der Waals surface area contributed by atoms with Crippen molar-refractivity contribution in [1.29, 1.82) is 0 Å². The van der Waals surface area contributed by atoms with Crippen molar-refractivity contribution < 1.29 is 22.7 Å². The van der Waals surface area contributed by atoms with Gasteiger partial charge in [0.2, 0.25) is 15.9 Å². The molecule has 146 valence electrons. The number of ether oxygens (including phenoxy) is 2. The highest BCUT2D eigenvalue weighted by atomic mass is 32.2. The fourth-order valence-electron chi connectivity index (χ4n) is 2.42. The Morgan fingerprint density at radius 2 is 1.81 bits per heavy atom. The molecule has 0 radical (unpaired) electrons. The average molecular weight is 392 g/mol. The minimum Gasteiger partial charge on any atom is -0.491 e. The topological polar surface area (TPSA) is 93.7 Å². The third-order valence-corrected chi connectivity index (χ3v) is 5.29. The molecule has 0 aromatic heterocycles. The molecule has 0 spiro atoms. The van der Waals surface area contributed by atoms with Crippen molar-refractivity contribution >= 4 is 21.6 Å². The van der Waals surface area contributed by atoms with E-state index in [1.165, 1.54) is 19.1 Å². The number of amides is 1. The maximum atomic E-state index is 12.6. The second-order valence-corrected chi connectivity index (χ2v) is 7.68. The predicted molar refractivity (Wildman–Crippen MR) is 103 cm³/mol. The van der Waals surface area contributed by atoms with Crippen LogP contribution in [0.25, 0.3) is 0 Å². The Morgan fingerprint density at radius 3 is 2.44 bits per heavy atom. The normalized spacial score (nSPS) is 12.4. The van der Waals surface area contributed by atoms with Crippen LogP contribution in [0.2, 0.25) is 0 Å². The third-order valence-electron chi connectivity index (χ3n) is 3.73. The SMILES string of the molecule is COCCOc1ccc(S(=O)(=O)NC(C)c2cccc(NC(C)=O)c2)cc1. The molecule has 1 atom stereocenters. The van der Waals surface area contributed by atoms with Crippen molar-refractivity contribution in [2.24, 2.45) is 0 Å². The molecule has 27 heavy (non-hydrogen) atoms. The molecule has 1 amide bonds. The Bertz CT molecular complexity index is 866. The Morgan fingerprint density at radius 1 is 1.11 bits per heavy atom. The quantitative estimate of drug-likeness (QED) is 0.640. The summed E-state index contributed by atoms with van der Waals surface area (Å²) in [6.07, 6.45) is 0. The van der Waals surface area contributed by atoms with Crippen LogP contribution < -0.4 is 14.8 Å². The summed E-state index contributed by atoms with van der Waals surface area (Å²) >= 11 is 0. The zero-order valence-corrected chi connectivity index (χ0v) is 16.4. The van der Waals surface area contributed by atoms with Gasteiger partial charge in [0.25, 0.3) is 0 Å². The van der Waals surface area contributed by atoms with Crippen molar-refractivity contribution in [3.8, 4) is 5.75 Å². The van der Waals surface area contributed by atoms with Crippen molar-refractivity contribution in [3.63, 3.8) is 0 Å². The summed E-state index contributed by atoms with van der Waals surface area (Å²) in [6.45, 7) is 4.01. The molecular weight excluding hydrogens is 368 g/mol. The highest BCUT2D eigenvalue weighted by Crippen LogP contribution is 2.21. The van der Waals surface area contributed by atoms with Gasteiger partial charge < -0.3 is 14.8 Å². The third kappa shape index (κ3) is 6.35. The fraction of sp³-hybridized carbons (Fsp3) is 0.316. The van der Waals surface area contributed by atoms with Crippen LogP contribution >= 0.6 is 0 Å². The first kappa shape index (κ1) is 20.9. The lowest BCUT2D eigenvalue weighted by molar-refractivity contribution is -0.114. The number of hydrogen-bond acceptors (Lipinski definition) is 5. The van der Waals surface area contributed by atoms with E-state index in [4.69, 9.17) is 9.47 Å². The van der Waals surface area contributed by atoms with E-state index in [9.17, 15) is 13.2 Å². The van der Waals surface area contributed by atoms with E-state index in [0.29, 0.717) is 24.7 Å². The number of benzene rings is 2. The predicted octanol–water partition coefficient (Wildman–Crippen LogP) is 2.71. The van der Waals surface area contributed by atoms with Gasteiger partial charge in [0.05, 0.1) is 11.5 Å². The summed E-state index contributed by atoms with van der Waals surface area (Å²) in [5, 5.41) is 2.68.